The number of nitrogens with zero attached hydrogens (tertiary/aromatic N) is 2. The topological polar surface area (TPSA) is 44.1 Å². The molecule has 98 valence electrons. The second kappa shape index (κ2) is 4.57. The summed E-state index contributed by atoms with van der Waals surface area (Å²) in [7, 11) is 1.96. The van der Waals surface area contributed by atoms with Crippen molar-refractivity contribution in [2.24, 2.45) is 23.7 Å². The predicted octanol–water partition coefficient (Wildman–Crippen LogP) is 2.57. The van der Waals surface area contributed by atoms with Gasteiger partial charge >= 0.3 is 0 Å². The Labute approximate surface area is 109 Å². The Hall–Kier alpha value is -1.04. The summed E-state index contributed by atoms with van der Waals surface area (Å²) < 4.78 is 0. The van der Waals surface area contributed by atoms with Crippen molar-refractivity contribution < 1.29 is 4.79 Å². The van der Waals surface area contributed by atoms with Gasteiger partial charge in [-0.25, -0.2) is 0 Å². The lowest BCUT2D eigenvalue weighted by Gasteiger charge is -2.56. The fourth-order valence-corrected chi connectivity index (χ4v) is 5.03. The molecular formula is C15H22N2O. The normalized spacial score (nSPS) is 40.6. The lowest BCUT2D eigenvalue weighted by molar-refractivity contribution is -0.141. The minimum atomic E-state index is 0.175. The van der Waals surface area contributed by atoms with Gasteiger partial charge in [0.05, 0.1) is 6.07 Å². The summed E-state index contributed by atoms with van der Waals surface area (Å²) in [6.45, 7) is 0. The average Bonchev–Trinajstić information content (AvgIpc) is 2.34. The number of hydrogen-bond donors (Lipinski definition) is 0. The van der Waals surface area contributed by atoms with E-state index in [1.807, 2.05) is 11.9 Å². The zero-order chi connectivity index (χ0) is 12.7. The van der Waals surface area contributed by atoms with E-state index in [9.17, 15) is 4.79 Å². The van der Waals surface area contributed by atoms with E-state index in [1.165, 1.54) is 32.1 Å². The van der Waals surface area contributed by atoms with Gasteiger partial charge in [-0.15, -0.1) is 0 Å². The van der Waals surface area contributed by atoms with Crippen molar-refractivity contribution >= 4 is 5.91 Å². The highest BCUT2D eigenvalue weighted by Crippen LogP contribution is 2.54. The van der Waals surface area contributed by atoms with Gasteiger partial charge in [-0.05, 0) is 55.8 Å². The first-order chi connectivity index (χ1) is 8.69. The summed E-state index contributed by atoms with van der Waals surface area (Å²) in [5.74, 6) is 3.57. The van der Waals surface area contributed by atoms with E-state index in [-0.39, 0.29) is 5.91 Å². The fourth-order valence-electron chi connectivity index (χ4n) is 5.03. The van der Waals surface area contributed by atoms with Crippen LogP contribution in [0.5, 0.6) is 0 Å². The molecule has 0 aromatic heterocycles. The molecule has 0 N–H and O–H groups in total. The van der Waals surface area contributed by atoms with Crippen LogP contribution in [0, 0.1) is 35.0 Å². The van der Waals surface area contributed by atoms with Crippen LogP contribution in [0.2, 0.25) is 0 Å². The lowest BCUT2D eigenvalue weighted by atomic mass is 9.54. The Morgan fingerprint density at radius 1 is 1.17 bits per heavy atom. The number of carbonyl (C=O) groups excluding carboxylic acids is 1. The summed E-state index contributed by atoms with van der Waals surface area (Å²) in [6, 6.07) is 2.55. The van der Waals surface area contributed by atoms with Crippen molar-refractivity contribution in [3.63, 3.8) is 0 Å². The largest absolute Gasteiger partial charge is 0.342 e. The third kappa shape index (κ3) is 1.92. The van der Waals surface area contributed by atoms with Gasteiger partial charge in [-0.1, -0.05) is 0 Å². The quantitative estimate of drug-likeness (QED) is 0.768. The molecule has 0 saturated heterocycles. The van der Waals surface area contributed by atoms with Crippen LogP contribution in [0.1, 0.15) is 44.9 Å². The van der Waals surface area contributed by atoms with Crippen LogP contribution in [-0.2, 0) is 4.79 Å². The molecule has 4 fully saturated rings. The maximum absolute atomic E-state index is 12.1. The number of rotatable bonds is 3. The minimum Gasteiger partial charge on any atom is -0.342 e. The molecule has 4 bridgehead atoms. The number of amides is 1. The zero-order valence-electron chi connectivity index (χ0n) is 11.1. The first kappa shape index (κ1) is 12.0. The highest BCUT2D eigenvalue weighted by atomic mass is 16.2. The molecule has 0 spiro atoms. The van der Waals surface area contributed by atoms with E-state index >= 15 is 0 Å². The first-order valence-corrected chi connectivity index (χ1v) is 7.31. The Morgan fingerprint density at radius 2 is 1.72 bits per heavy atom. The van der Waals surface area contributed by atoms with Crippen molar-refractivity contribution in [1.29, 1.82) is 5.26 Å². The summed E-state index contributed by atoms with van der Waals surface area (Å²) >= 11 is 0. The number of carbonyl (C=O) groups is 1. The molecule has 0 atom stereocenters. The van der Waals surface area contributed by atoms with Crippen LogP contribution >= 0.6 is 0 Å². The Kier molecular flexibility index (Phi) is 3.05. The summed E-state index contributed by atoms with van der Waals surface area (Å²) in [5.41, 5.74) is 0. The van der Waals surface area contributed by atoms with Gasteiger partial charge in [0.2, 0.25) is 5.91 Å². The van der Waals surface area contributed by atoms with Crippen molar-refractivity contribution in [3.8, 4) is 6.07 Å². The molecule has 4 aliphatic rings. The van der Waals surface area contributed by atoms with E-state index in [4.69, 9.17) is 5.26 Å². The Balaban J connectivity index is 1.69. The van der Waals surface area contributed by atoms with Crippen LogP contribution < -0.4 is 0 Å². The molecular weight excluding hydrogens is 224 g/mol. The fraction of sp³-hybridized carbons (Fsp3) is 0.867. The van der Waals surface area contributed by atoms with Gasteiger partial charge in [0.25, 0.3) is 0 Å². The van der Waals surface area contributed by atoms with Crippen LogP contribution in [0.25, 0.3) is 0 Å². The van der Waals surface area contributed by atoms with E-state index in [0.717, 1.165) is 23.7 Å². The van der Waals surface area contributed by atoms with Gasteiger partial charge in [0.1, 0.15) is 0 Å². The van der Waals surface area contributed by atoms with Gasteiger partial charge in [-0.2, -0.15) is 5.26 Å². The van der Waals surface area contributed by atoms with Crippen molar-refractivity contribution in [3.05, 3.63) is 0 Å². The van der Waals surface area contributed by atoms with Crippen molar-refractivity contribution in [2.75, 3.05) is 7.05 Å². The maximum atomic E-state index is 12.1. The lowest BCUT2D eigenvalue weighted by Crippen LogP contribution is -2.56. The number of nitriles is 1. The molecule has 0 radical (unpaired) electrons. The summed E-state index contributed by atoms with van der Waals surface area (Å²) in [5, 5.41) is 8.59. The first-order valence-electron chi connectivity index (χ1n) is 7.31. The molecule has 18 heavy (non-hydrogen) atoms. The SMILES string of the molecule is CN(C(=O)CCC#N)C1C2CC3CC(C2)CC1C3. The highest BCUT2D eigenvalue weighted by Gasteiger charge is 2.50. The second-order valence-electron chi connectivity index (χ2n) is 6.58. The number of hydrogen-bond acceptors (Lipinski definition) is 2. The van der Waals surface area contributed by atoms with Crippen LogP contribution in [0.4, 0.5) is 0 Å². The highest BCUT2D eigenvalue weighted by molar-refractivity contribution is 5.76. The molecule has 4 aliphatic carbocycles. The van der Waals surface area contributed by atoms with Gasteiger partial charge in [0.15, 0.2) is 0 Å². The van der Waals surface area contributed by atoms with Gasteiger partial charge in [-0.3, -0.25) is 4.79 Å². The molecule has 0 heterocycles. The van der Waals surface area contributed by atoms with E-state index in [1.54, 1.807) is 0 Å². The third-order valence-corrected chi connectivity index (χ3v) is 5.47. The molecule has 3 nitrogen and oxygen atoms in total. The van der Waals surface area contributed by atoms with Gasteiger partial charge in [0, 0.05) is 25.9 Å². The minimum absolute atomic E-state index is 0.175. The third-order valence-electron chi connectivity index (χ3n) is 5.47. The molecule has 4 saturated carbocycles. The van der Waals surface area contributed by atoms with Gasteiger partial charge < -0.3 is 4.90 Å². The van der Waals surface area contributed by atoms with Crippen LogP contribution in [-0.4, -0.2) is 23.9 Å². The molecule has 0 aliphatic heterocycles. The maximum Gasteiger partial charge on any atom is 0.223 e. The van der Waals surface area contributed by atoms with E-state index in [0.29, 0.717) is 18.9 Å². The molecule has 0 aromatic rings. The average molecular weight is 246 g/mol. The molecule has 0 unspecified atom stereocenters. The molecule has 3 heteroatoms. The summed E-state index contributed by atoms with van der Waals surface area (Å²) in [6.07, 6.45) is 7.57. The predicted molar refractivity (Wildman–Crippen MR) is 68.5 cm³/mol. The summed E-state index contributed by atoms with van der Waals surface area (Å²) in [4.78, 5) is 14.1. The van der Waals surface area contributed by atoms with Crippen LogP contribution in [0.3, 0.4) is 0 Å². The van der Waals surface area contributed by atoms with E-state index in [2.05, 4.69) is 6.07 Å². The van der Waals surface area contributed by atoms with E-state index < -0.39 is 0 Å². The monoisotopic (exact) mass is 246 g/mol. The van der Waals surface area contributed by atoms with Crippen molar-refractivity contribution in [1.82, 2.24) is 4.90 Å². The second-order valence-corrected chi connectivity index (χ2v) is 6.58. The zero-order valence-corrected chi connectivity index (χ0v) is 11.1. The molecule has 1 amide bonds. The Morgan fingerprint density at radius 3 is 2.22 bits per heavy atom. The molecule has 4 rings (SSSR count). The van der Waals surface area contributed by atoms with Crippen molar-refractivity contribution in [2.45, 2.75) is 51.0 Å². The smallest absolute Gasteiger partial charge is 0.223 e. The van der Waals surface area contributed by atoms with Crippen LogP contribution in [0.15, 0.2) is 0 Å². The Bertz CT molecular complexity index is 356. The standard InChI is InChI=1S/C15H22N2O/c1-17(14(18)3-2-4-16)15-12-6-10-5-11(8-12)9-13(15)7-10/h10-13,15H,2-3,5-9H2,1H3. The molecule has 0 aromatic carbocycles.